The lowest BCUT2D eigenvalue weighted by molar-refractivity contribution is 0.102. The summed E-state index contributed by atoms with van der Waals surface area (Å²) >= 11 is 0. The first-order chi connectivity index (χ1) is 16.4. The van der Waals surface area contributed by atoms with Crippen LogP contribution >= 0.6 is 0 Å². The van der Waals surface area contributed by atoms with E-state index in [0.29, 0.717) is 35.2 Å². The molecule has 0 atom stereocenters. The number of hydrogen-bond donors (Lipinski definition) is 1. The molecule has 1 heterocycles. The van der Waals surface area contributed by atoms with Gasteiger partial charge in [-0.3, -0.25) is 9.59 Å². The Morgan fingerprint density at radius 3 is 2.09 bits per heavy atom. The summed E-state index contributed by atoms with van der Waals surface area (Å²) < 4.78 is 28.0. The molecule has 0 bridgehead atoms. The van der Waals surface area contributed by atoms with Gasteiger partial charge in [0.25, 0.3) is 11.5 Å². The van der Waals surface area contributed by atoms with E-state index in [-0.39, 0.29) is 16.1 Å². The molecule has 4 rings (SSSR count). The van der Waals surface area contributed by atoms with E-state index in [1.165, 1.54) is 33.3 Å². The summed E-state index contributed by atoms with van der Waals surface area (Å²) in [5, 5.41) is 7.91. The van der Waals surface area contributed by atoms with E-state index in [9.17, 15) is 18.0 Å². The number of carbonyl (C=O) groups is 1. The molecule has 0 radical (unpaired) electrons. The molecule has 0 aliphatic heterocycles. The van der Waals surface area contributed by atoms with Crippen LogP contribution in [-0.4, -0.2) is 41.5 Å². The molecule has 3 aromatic carbocycles. The van der Waals surface area contributed by atoms with Crippen molar-refractivity contribution in [1.29, 1.82) is 0 Å². The molecule has 8 nitrogen and oxygen atoms in total. The van der Waals surface area contributed by atoms with Gasteiger partial charge in [0.05, 0.1) is 16.0 Å². The van der Waals surface area contributed by atoms with E-state index in [4.69, 9.17) is 0 Å². The van der Waals surface area contributed by atoms with Gasteiger partial charge in [0, 0.05) is 24.2 Å². The third-order valence-electron chi connectivity index (χ3n) is 5.48. The van der Waals surface area contributed by atoms with Crippen molar-refractivity contribution in [2.75, 3.05) is 18.4 Å². The highest BCUT2D eigenvalue weighted by atomic mass is 32.2. The monoisotopic (exact) mass is 476 g/mol. The lowest BCUT2D eigenvalue weighted by Gasteiger charge is -2.18. The summed E-state index contributed by atoms with van der Waals surface area (Å²) in [6.07, 6.45) is 0. The van der Waals surface area contributed by atoms with E-state index in [1.807, 2.05) is 6.07 Å². The molecule has 0 aliphatic rings. The fraction of sp³-hybridized carbons (Fsp3) is 0.160. The number of hydrogen-bond acceptors (Lipinski definition) is 5. The number of carbonyl (C=O) groups excluding carboxylic acids is 1. The molecule has 1 amide bonds. The summed E-state index contributed by atoms with van der Waals surface area (Å²) in [4.78, 5) is 26.3. The van der Waals surface area contributed by atoms with E-state index < -0.39 is 15.9 Å². The van der Waals surface area contributed by atoms with Gasteiger partial charge in [0.2, 0.25) is 10.0 Å². The summed E-state index contributed by atoms with van der Waals surface area (Å²) in [6, 6.07) is 21.6. The van der Waals surface area contributed by atoms with E-state index in [2.05, 4.69) is 10.4 Å². The SMILES string of the molecule is CCN(CC)S(=O)(=O)c1ccc(NC(=O)c2nn(-c3ccccc3)c(=O)c3ccccc23)cc1. The fourth-order valence-corrected chi connectivity index (χ4v) is 5.17. The van der Waals surface area contributed by atoms with Gasteiger partial charge in [-0.2, -0.15) is 14.1 Å². The van der Waals surface area contributed by atoms with Crippen LogP contribution in [0.1, 0.15) is 24.3 Å². The van der Waals surface area contributed by atoms with Gasteiger partial charge in [-0.1, -0.05) is 50.2 Å². The van der Waals surface area contributed by atoms with Crippen LogP contribution in [0.4, 0.5) is 5.69 Å². The largest absolute Gasteiger partial charge is 0.321 e. The number of anilines is 1. The van der Waals surface area contributed by atoms with Crippen molar-refractivity contribution < 1.29 is 13.2 Å². The highest BCUT2D eigenvalue weighted by Crippen LogP contribution is 2.20. The van der Waals surface area contributed by atoms with Crippen molar-refractivity contribution >= 4 is 32.4 Å². The third-order valence-corrected chi connectivity index (χ3v) is 7.54. The minimum atomic E-state index is -3.60. The van der Waals surface area contributed by atoms with Crippen LogP contribution in [-0.2, 0) is 10.0 Å². The Morgan fingerprint density at radius 1 is 0.882 bits per heavy atom. The van der Waals surface area contributed by atoms with Gasteiger partial charge in [-0.25, -0.2) is 8.42 Å². The Hall–Kier alpha value is -3.82. The number of sulfonamides is 1. The normalized spacial score (nSPS) is 11.6. The van der Waals surface area contributed by atoms with Crippen molar-refractivity contribution in [3.63, 3.8) is 0 Å². The predicted octanol–water partition coefficient (Wildman–Crippen LogP) is 3.67. The first kappa shape index (κ1) is 23.3. The second kappa shape index (κ2) is 9.58. The summed E-state index contributed by atoms with van der Waals surface area (Å²) in [5.74, 6) is -0.514. The number of amides is 1. The number of nitrogens with one attached hydrogen (secondary N) is 1. The van der Waals surface area contributed by atoms with Gasteiger partial charge in [0.15, 0.2) is 5.69 Å². The maximum absolute atomic E-state index is 13.2. The molecule has 0 saturated carbocycles. The maximum atomic E-state index is 13.2. The average molecular weight is 477 g/mol. The number of fused-ring (bicyclic) bond motifs is 1. The Balaban J connectivity index is 1.70. The van der Waals surface area contributed by atoms with Crippen LogP contribution in [0, 0.1) is 0 Å². The highest BCUT2D eigenvalue weighted by molar-refractivity contribution is 7.89. The second-order valence-electron chi connectivity index (χ2n) is 7.51. The smallest absolute Gasteiger partial charge is 0.279 e. The molecule has 0 spiro atoms. The Labute approximate surface area is 197 Å². The second-order valence-corrected chi connectivity index (χ2v) is 9.45. The fourth-order valence-electron chi connectivity index (χ4n) is 3.71. The lowest BCUT2D eigenvalue weighted by atomic mass is 10.1. The van der Waals surface area contributed by atoms with Crippen molar-refractivity contribution in [3.8, 4) is 5.69 Å². The number of para-hydroxylation sites is 1. The lowest BCUT2D eigenvalue weighted by Crippen LogP contribution is -2.30. The van der Waals surface area contributed by atoms with Crippen molar-refractivity contribution in [1.82, 2.24) is 14.1 Å². The zero-order valence-electron chi connectivity index (χ0n) is 18.8. The molecule has 1 N–H and O–H groups in total. The first-order valence-corrected chi connectivity index (χ1v) is 12.3. The molecule has 0 unspecified atom stereocenters. The van der Waals surface area contributed by atoms with Crippen molar-refractivity contribution in [3.05, 3.63) is 94.9 Å². The standard InChI is InChI=1S/C25H24N4O4S/c1-3-28(4-2)34(32,33)20-16-14-18(15-17-20)26-24(30)23-21-12-8-9-13-22(21)25(31)29(27-23)19-10-6-5-7-11-19/h5-17H,3-4H2,1-2H3,(H,26,30). The maximum Gasteiger partial charge on any atom is 0.279 e. The number of aromatic nitrogens is 2. The molecule has 0 aliphatic carbocycles. The Bertz CT molecular complexity index is 1490. The highest BCUT2D eigenvalue weighted by Gasteiger charge is 2.22. The number of benzene rings is 3. The number of rotatable bonds is 7. The van der Waals surface area contributed by atoms with Crippen LogP contribution < -0.4 is 10.9 Å². The minimum absolute atomic E-state index is 0.0823. The molecular formula is C25H24N4O4S. The Morgan fingerprint density at radius 2 is 1.47 bits per heavy atom. The summed E-state index contributed by atoms with van der Waals surface area (Å²) in [7, 11) is -3.60. The zero-order valence-corrected chi connectivity index (χ0v) is 19.6. The van der Waals surface area contributed by atoms with Crippen LogP contribution in [0.25, 0.3) is 16.5 Å². The molecule has 0 fully saturated rings. The van der Waals surface area contributed by atoms with E-state index in [1.54, 1.807) is 62.4 Å². The topological polar surface area (TPSA) is 101 Å². The van der Waals surface area contributed by atoms with Gasteiger partial charge in [-0.15, -0.1) is 0 Å². The van der Waals surface area contributed by atoms with Gasteiger partial charge >= 0.3 is 0 Å². The molecule has 4 aromatic rings. The Kier molecular flexibility index (Phi) is 6.58. The van der Waals surface area contributed by atoms with Crippen LogP contribution in [0.5, 0.6) is 0 Å². The van der Waals surface area contributed by atoms with E-state index in [0.717, 1.165) is 0 Å². The molecule has 0 saturated heterocycles. The quantitative estimate of drug-likeness (QED) is 0.439. The number of nitrogens with zero attached hydrogens (tertiary/aromatic N) is 3. The summed E-state index contributed by atoms with van der Waals surface area (Å²) in [5.41, 5.74) is 0.702. The zero-order chi connectivity index (χ0) is 24.3. The van der Waals surface area contributed by atoms with Crippen LogP contribution in [0.3, 0.4) is 0 Å². The van der Waals surface area contributed by atoms with Gasteiger partial charge in [-0.05, 0) is 42.5 Å². The van der Waals surface area contributed by atoms with Crippen LogP contribution in [0.2, 0.25) is 0 Å². The van der Waals surface area contributed by atoms with E-state index >= 15 is 0 Å². The average Bonchev–Trinajstić information content (AvgIpc) is 2.86. The summed E-state index contributed by atoms with van der Waals surface area (Å²) in [6.45, 7) is 4.30. The molecule has 34 heavy (non-hydrogen) atoms. The van der Waals surface area contributed by atoms with Gasteiger partial charge < -0.3 is 5.32 Å². The first-order valence-electron chi connectivity index (χ1n) is 10.9. The van der Waals surface area contributed by atoms with Gasteiger partial charge in [0.1, 0.15) is 0 Å². The molecular weight excluding hydrogens is 452 g/mol. The van der Waals surface area contributed by atoms with Crippen molar-refractivity contribution in [2.24, 2.45) is 0 Å². The molecule has 9 heteroatoms. The third kappa shape index (κ3) is 4.35. The predicted molar refractivity (Wildman–Crippen MR) is 132 cm³/mol. The van der Waals surface area contributed by atoms with Crippen molar-refractivity contribution in [2.45, 2.75) is 18.7 Å². The molecule has 1 aromatic heterocycles. The molecule has 174 valence electrons. The minimum Gasteiger partial charge on any atom is -0.321 e. The van der Waals surface area contributed by atoms with Crippen LogP contribution in [0.15, 0.2) is 88.6 Å².